The molecule has 1 aliphatic heterocycles. The van der Waals surface area contributed by atoms with Crippen molar-refractivity contribution in [2.24, 2.45) is 0 Å². The maximum Gasteiger partial charge on any atom is 0.163 e. The summed E-state index contributed by atoms with van der Waals surface area (Å²) in [6, 6.07) is 10.2. The number of nitrogens with zero attached hydrogens (tertiary/aromatic N) is 2. The third-order valence-electron chi connectivity index (χ3n) is 3.38. The fourth-order valence-electron chi connectivity index (χ4n) is 2.56. The van der Waals surface area contributed by atoms with Crippen LogP contribution < -0.4 is 0 Å². The molecular weight excluding hydrogens is 240 g/mol. The van der Waals surface area contributed by atoms with Gasteiger partial charge in [-0.15, -0.1) is 0 Å². The van der Waals surface area contributed by atoms with Crippen molar-refractivity contribution < 1.29 is 9.47 Å². The van der Waals surface area contributed by atoms with E-state index < -0.39 is 5.79 Å². The summed E-state index contributed by atoms with van der Waals surface area (Å²) in [5.74, 6) is -0.508. The Morgan fingerprint density at radius 1 is 1.42 bits per heavy atom. The number of ether oxygens (including phenoxy) is 2. The van der Waals surface area contributed by atoms with Crippen molar-refractivity contribution in [3.05, 3.63) is 36.0 Å². The van der Waals surface area contributed by atoms with Crippen molar-refractivity contribution in [2.45, 2.75) is 32.3 Å². The summed E-state index contributed by atoms with van der Waals surface area (Å²) in [4.78, 5) is 0. The Bertz CT molecular complexity index is 652. The van der Waals surface area contributed by atoms with Crippen LogP contribution in [0.25, 0.3) is 10.9 Å². The molecule has 0 spiro atoms. The van der Waals surface area contributed by atoms with Gasteiger partial charge in [-0.05, 0) is 19.9 Å². The third-order valence-corrected chi connectivity index (χ3v) is 3.38. The maximum atomic E-state index is 9.17. The highest BCUT2D eigenvalue weighted by atomic mass is 16.7. The van der Waals surface area contributed by atoms with Gasteiger partial charge in [0.05, 0.1) is 18.7 Å². The van der Waals surface area contributed by atoms with E-state index in [0.29, 0.717) is 18.7 Å². The second kappa shape index (κ2) is 4.37. The van der Waals surface area contributed by atoms with Gasteiger partial charge in [-0.25, -0.2) is 0 Å². The Morgan fingerprint density at radius 2 is 2.21 bits per heavy atom. The van der Waals surface area contributed by atoms with Crippen LogP contribution >= 0.6 is 0 Å². The number of aromatic nitrogens is 1. The van der Waals surface area contributed by atoms with Crippen molar-refractivity contribution in [2.75, 3.05) is 6.61 Å². The zero-order valence-electron chi connectivity index (χ0n) is 11.1. The van der Waals surface area contributed by atoms with Gasteiger partial charge in [-0.3, -0.25) is 0 Å². The van der Waals surface area contributed by atoms with Gasteiger partial charge in [0.15, 0.2) is 5.79 Å². The minimum Gasteiger partial charge on any atom is -0.348 e. The zero-order valence-corrected chi connectivity index (χ0v) is 11.1. The lowest BCUT2D eigenvalue weighted by Gasteiger charge is -2.17. The monoisotopic (exact) mass is 256 g/mol. The second-order valence-electron chi connectivity index (χ2n) is 5.27. The molecule has 1 aromatic carbocycles. The number of rotatable bonds is 2. The molecule has 0 amide bonds. The summed E-state index contributed by atoms with van der Waals surface area (Å²) in [5.41, 5.74) is 1.76. The standard InChI is InChI=1S/C15H16N2O2/c1-15(2)18-10-12(19-15)9-17-8-11(7-16)13-5-3-4-6-14(13)17/h3-6,8,12H,9-10H2,1-2H3/t12-/m0/s1. The first-order valence-electron chi connectivity index (χ1n) is 6.39. The normalized spacial score (nSPS) is 21.6. The molecule has 4 heteroatoms. The maximum absolute atomic E-state index is 9.17. The van der Waals surface area contributed by atoms with E-state index in [-0.39, 0.29) is 6.10 Å². The molecule has 1 aromatic heterocycles. The summed E-state index contributed by atoms with van der Waals surface area (Å²) >= 11 is 0. The highest BCUT2D eigenvalue weighted by Gasteiger charge is 2.32. The van der Waals surface area contributed by atoms with E-state index in [0.717, 1.165) is 10.9 Å². The van der Waals surface area contributed by atoms with Crippen LogP contribution in [0, 0.1) is 11.3 Å². The van der Waals surface area contributed by atoms with Gasteiger partial charge in [-0.1, -0.05) is 18.2 Å². The van der Waals surface area contributed by atoms with Crippen molar-refractivity contribution in [3.63, 3.8) is 0 Å². The number of nitriles is 1. The van der Waals surface area contributed by atoms with Crippen LogP contribution in [0.5, 0.6) is 0 Å². The molecule has 0 aliphatic carbocycles. The van der Waals surface area contributed by atoms with Crippen molar-refractivity contribution >= 4 is 10.9 Å². The molecule has 0 N–H and O–H groups in total. The van der Waals surface area contributed by atoms with E-state index in [1.165, 1.54) is 0 Å². The van der Waals surface area contributed by atoms with E-state index in [1.54, 1.807) is 0 Å². The molecular formula is C15H16N2O2. The Hall–Kier alpha value is -1.83. The molecule has 3 rings (SSSR count). The number of hydrogen-bond donors (Lipinski definition) is 0. The molecule has 2 aromatic rings. The molecule has 19 heavy (non-hydrogen) atoms. The second-order valence-corrected chi connectivity index (χ2v) is 5.27. The summed E-state index contributed by atoms with van der Waals surface area (Å²) in [5, 5.41) is 10.2. The Kier molecular flexibility index (Phi) is 2.81. The molecule has 4 nitrogen and oxygen atoms in total. The minimum absolute atomic E-state index is 0.0253. The fourth-order valence-corrected chi connectivity index (χ4v) is 2.56. The average molecular weight is 256 g/mol. The molecule has 0 unspecified atom stereocenters. The lowest BCUT2D eigenvalue weighted by molar-refractivity contribution is -0.139. The van der Waals surface area contributed by atoms with Crippen LogP contribution in [-0.2, 0) is 16.0 Å². The summed E-state index contributed by atoms with van der Waals surface area (Å²) in [6.07, 6.45) is 1.91. The molecule has 98 valence electrons. The highest BCUT2D eigenvalue weighted by molar-refractivity contribution is 5.86. The first kappa shape index (κ1) is 12.2. The van der Waals surface area contributed by atoms with Crippen LogP contribution in [-0.4, -0.2) is 23.1 Å². The molecule has 1 atom stereocenters. The predicted octanol–water partition coefficient (Wildman–Crippen LogP) is 2.66. The Balaban J connectivity index is 1.92. The van der Waals surface area contributed by atoms with Gasteiger partial charge in [0.1, 0.15) is 12.2 Å². The Labute approximate surface area is 112 Å². The SMILES string of the molecule is CC1(C)OC[C@H](Cn2cc(C#N)c3ccccc32)O1. The smallest absolute Gasteiger partial charge is 0.163 e. The summed E-state index contributed by atoms with van der Waals surface area (Å²) in [7, 11) is 0. The minimum atomic E-state index is -0.508. The molecule has 0 radical (unpaired) electrons. The molecule has 2 heterocycles. The fraction of sp³-hybridized carbons (Fsp3) is 0.400. The van der Waals surface area contributed by atoms with Crippen LogP contribution in [0.1, 0.15) is 19.4 Å². The third kappa shape index (κ3) is 2.23. The van der Waals surface area contributed by atoms with Gasteiger partial charge in [0, 0.05) is 17.1 Å². The molecule has 1 saturated heterocycles. The topological polar surface area (TPSA) is 47.2 Å². The van der Waals surface area contributed by atoms with E-state index in [2.05, 4.69) is 10.6 Å². The first-order chi connectivity index (χ1) is 9.09. The van der Waals surface area contributed by atoms with E-state index in [9.17, 15) is 5.26 Å². The predicted molar refractivity (Wildman–Crippen MR) is 71.6 cm³/mol. The van der Waals surface area contributed by atoms with Crippen LogP contribution in [0.2, 0.25) is 0 Å². The van der Waals surface area contributed by atoms with E-state index in [1.807, 2.05) is 44.3 Å². The van der Waals surface area contributed by atoms with E-state index in [4.69, 9.17) is 9.47 Å². The van der Waals surface area contributed by atoms with Gasteiger partial charge in [0.2, 0.25) is 0 Å². The summed E-state index contributed by atoms with van der Waals surface area (Å²) in [6.45, 7) is 5.12. The van der Waals surface area contributed by atoms with Crippen molar-refractivity contribution in [1.29, 1.82) is 5.26 Å². The molecule has 0 bridgehead atoms. The number of hydrogen-bond acceptors (Lipinski definition) is 3. The molecule has 0 saturated carbocycles. The van der Waals surface area contributed by atoms with Crippen LogP contribution in [0.15, 0.2) is 30.5 Å². The number of benzene rings is 1. The van der Waals surface area contributed by atoms with Gasteiger partial charge in [-0.2, -0.15) is 5.26 Å². The number of fused-ring (bicyclic) bond motifs is 1. The average Bonchev–Trinajstić information content (AvgIpc) is 2.91. The lowest BCUT2D eigenvalue weighted by atomic mass is 10.2. The van der Waals surface area contributed by atoms with Crippen LogP contribution in [0.3, 0.4) is 0 Å². The van der Waals surface area contributed by atoms with Gasteiger partial charge >= 0.3 is 0 Å². The Morgan fingerprint density at radius 3 is 2.89 bits per heavy atom. The number of para-hydroxylation sites is 1. The summed E-state index contributed by atoms with van der Waals surface area (Å²) < 4.78 is 13.5. The van der Waals surface area contributed by atoms with E-state index >= 15 is 0 Å². The van der Waals surface area contributed by atoms with Gasteiger partial charge < -0.3 is 14.0 Å². The van der Waals surface area contributed by atoms with Gasteiger partial charge in [0.25, 0.3) is 0 Å². The van der Waals surface area contributed by atoms with Crippen LogP contribution in [0.4, 0.5) is 0 Å². The lowest BCUT2D eigenvalue weighted by Crippen LogP contribution is -2.23. The van der Waals surface area contributed by atoms with Crippen molar-refractivity contribution in [1.82, 2.24) is 4.57 Å². The molecule has 1 aliphatic rings. The molecule has 1 fully saturated rings. The first-order valence-corrected chi connectivity index (χ1v) is 6.39. The largest absolute Gasteiger partial charge is 0.348 e. The highest BCUT2D eigenvalue weighted by Crippen LogP contribution is 2.26. The quantitative estimate of drug-likeness (QED) is 0.830. The zero-order chi connectivity index (χ0) is 13.5. The van der Waals surface area contributed by atoms with Crippen molar-refractivity contribution in [3.8, 4) is 6.07 Å².